The van der Waals surface area contributed by atoms with Crippen molar-refractivity contribution in [3.63, 3.8) is 0 Å². The van der Waals surface area contributed by atoms with Crippen LogP contribution < -0.4 is 9.47 Å². The van der Waals surface area contributed by atoms with Crippen LogP contribution in [0.3, 0.4) is 0 Å². The van der Waals surface area contributed by atoms with Crippen molar-refractivity contribution in [3.8, 4) is 11.5 Å². The molecule has 0 fully saturated rings. The average molecular weight is 438 g/mol. The highest BCUT2D eigenvalue weighted by atomic mass is 35.5. The van der Waals surface area contributed by atoms with Crippen LogP contribution >= 0.6 is 11.6 Å². The predicted molar refractivity (Wildman–Crippen MR) is 116 cm³/mol. The molecule has 5 nitrogen and oxygen atoms in total. The molecular formula is C24H17ClFNO4. The zero-order chi connectivity index (χ0) is 21.6. The van der Waals surface area contributed by atoms with Crippen LogP contribution in [0.4, 0.5) is 4.39 Å². The van der Waals surface area contributed by atoms with Gasteiger partial charge in [0.15, 0.2) is 5.70 Å². The van der Waals surface area contributed by atoms with Crippen LogP contribution in [-0.2, 0) is 9.53 Å². The van der Waals surface area contributed by atoms with Gasteiger partial charge in [-0.2, -0.15) is 0 Å². The molecule has 31 heavy (non-hydrogen) atoms. The van der Waals surface area contributed by atoms with Gasteiger partial charge >= 0.3 is 5.97 Å². The Morgan fingerprint density at radius 3 is 2.42 bits per heavy atom. The third-order valence-corrected chi connectivity index (χ3v) is 4.67. The molecule has 0 aliphatic carbocycles. The second-order valence-electron chi connectivity index (χ2n) is 6.51. The second-order valence-corrected chi connectivity index (χ2v) is 6.92. The normalized spacial score (nSPS) is 14.3. The number of halogens is 2. The molecule has 0 aromatic heterocycles. The van der Waals surface area contributed by atoms with Gasteiger partial charge in [-0.3, -0.25) is 0 Å². The van der Waals surface area contributed by atoms with Crippen molar-refractivity contribution in [2.24, 2.45) is 4.99 Å². The van der Waals surface area contributed by atoms with Gasteiger partial charge in [-0.05, 0) is 48.0 Å². The van der Waals surface area contributed by atoms with E-state index in [-0.39, 0.29) is 17.2 Å². The van der Waals surface area contributed by atoms with E-state index in [1.165, 1.54) is 12.1 Å². The molecular weight excluding hydrogens is 421 g/mol. The first kappa shape index (κ1) is 20.6. The number of ether oxygens (including phenoxy) is 3. The minimum Gasteiger partial charge on any atom is -0.490 e. The first-order valence-electron chi connectivity index (χ1n) is 9.48. The van der Waals surface area contributed by atoms with Crippen LogP contribution in [0.1, 0.15) is 11.1 Å². The van der Waals surface area contributed by atoms with E-state index in [2.05, 4.69) is 4.99 Å². The summed E-state index contributed by atoms with van der Waals surface area (Å²) in [5.74, 6) is 0.0707. The summed E-state index contributed by atoms with van der Waals surface area (Å²) in [7, 11) is 0. The average Bonchev–Trinajstić information content (AvgIpc) is 3.14. The molecule has 3 aromatic rings. The maximum Gasteiger partial charge on any atom is 0.363 e. The maximum atomic E-state index is 13.9. The van der Waals surface area contributed by atoms with Gasteiger partial charge < -0.3 is 14.2 Å². The van der Waals surface area contributed by atoms with Crippen LogP contribution in [0, 0.1) is 5.82 Å². The summed E-state index contributed by atoms with van der Waals surface area (Å²) in [6, 6.07) is 20.3. The number of benzene rings is 3. The highest BCUT2D eigenvalue weighted by molar-refractivity contribution is 6.32. The number of aliphatic imine (C=N–C) groups is 1. The van der Waals surface area contributed by atoms with E-state index in [1.807, 2.05) is 12.1 Å². The number of hydrogen-bond donors (Lipinski definition) is 0. The van der Waals surface area contributed by atoms with Gasteiger partial charge in [0, 0.05) is 0 Å². The maximum absolute atomic E-state index is 13.9. The van der Waals surface area contributed by atoms with Gasteiger partial charge in [-0.15, -0.1) is 0 Å². The Kier molecular flexibility index (Phi) is 6.29. The lowest BCUT2D eigenvalue weighted by molar-refractivity contribution is -0.129. The van der Waals surface area contributed by atoms with Gasteiger partial charge in [0.2, 0.25) is 5.90 Å². The fourth-order valence-electron chi connectivity index (χ4n) is 2.85. The molecule has 1 heterocycles. The summed E-state index contributed by atoms with van der Waals surface area (Å²) in [6.07, 6.45) is 1.57. The molecule has 0 radical (unpaired) electrons. The molecule has 0 N–H and O–H groups in total. The molecule has 0 saturated heterocycles. The zero-order valence-electron chi connectivity index (χ0n) is 16.3. The topological polar surface area (TPSA) is 57.1 Å². The number of para-hydroxylation sites is 1. The first-order chi connectivity index (χ1) is 15.1. The number of carbonyl (C=O) groups excluding carboxylic acids is 1. The number of nitrogens with zero attached hydrogens (tertiary/aromatic N) is 1. The van der Waals surface area contributed by atoms with E-state index < -0.39 is 11.8 Å². The minimum atomic E-state index is -0.629. The number of cyclic esters (lactones) is 1. The van der Waals surface area contributed by atoms with E-state index in [4.69, 9.17) is 25.8 Å². The molecule has 0 bridgehead atoms. The predicted octanol–water partition coefficient (Wildman–Crippen LogP) is 5.28. The Morgan fingerprint density at radius 2 is 1.65 bits per heavy atom. The third-order valence-electron chi connectivity index (χ3n) is 4.35. The van der Waals surface area contributed by atoms with Crippen molar-refractivity contribution < 1.29 is 23.4 Å². The van der Waals surface area contributed by atoms with E-state index >= 15 is 0 Å². The molecule has 1 aliphatic rings. The fourth-order valence-corrected chi connectivity index (χ4v) is 3.04. The van der Waals surface area contributed by atoms with Gasteiger partial charge in [0.25, 0.3) is 0 Å². The highest BCUT2D eigenvalue weighted by Gasteiger charge is 2.25. The lowest BCUT2D eigenvalue weighted by Gasteiger charge is -2.09. The molecule has 1 aliphatic heterocycles. The highest BCUT2D eigenvalue weighted by Crippen LogP contribution is 2.24. The van der Waals surface area contributed by atoms with Gasteiger partial charge in [-0.1, -0.05) is 48.0 Å². The summed E-state index contributed by atoms with van der Waals surface area (Å²) < 4.78 is 30.2. The molecule has 0 spiro atoms. The van der Waals surface area contributed by atoms with Crippen LogP contribution in [0.25, 0.3) is 6.08 Å². The van der Waals surface area contributed by atoms with Crippen molar-refractivity contribution >= 4 is 29.5 Å². The quantitative estimate of drug-likeness (QED) is 0.286. The van der Waals surface area contributed by atoms with Crippen molar-refractivity contribution in [3.05, 3.63) is 100 Å². The summed E-state index contributed by atoms with van der Waals surface area (Å²) in [6.45, 7) is 0.684. The van der Waals surface area contributed by atoms with Crippen LogP contribution in [0.15, 0.2) is 83.5 Å². The summed E-state index contributed by atoms with van der Waals surface area (Å²) in [5.41, 5.74) is 0.965. The number of hydrogen-bond acceptors (Lipinski definition) is 5. The largest absolute Gasteiger partial charge is 0.490 e. The standard InChI is InChI=1S/C24H17ClFNO4/c25-19-6-2-4-8-22(19)30-14-13-29-17-11-9-16(10-12-17)15-21-24(28)31-23(27-21)18-5-1-3-7-20(18)26/h1-12,15H,13-14H2/b21-15+. The molecule has 7 heteroatoms. The van der Waals surface area contributed by atoms with Crippen LogP contribution in [-0.4, -0.2) is 25.1 Å². The second kappa shape index (κ2) is 9.45. The molecule has 0 unspecified atom stereocenters. The van der Waals surface area contributed by atoms with E-state index in [9.17, 15) is 9.18 Å². The van der Waals surface area contributed by atoms with E-state index in [1.54, 1.807) is 54.6 Å². The molecule has 0 amide bonds. The van der Waals surface area contributed by atoms with Crippen molar-refractivity contribution in [2.45, 2.75) is 0 Å². The minimum absolute atomic E-state index is 0.0483. The van der Waals surface area contributed by atoms with Gasteiger partial charge in [0.1, 0.15) is 30.5 Å². The Labute approximate surface area is 183 Å². The Morgan fingerprint density at radius 1 is 0.935 bits per heavy atom. The Bertz CT molecular complexity index is 1160. The van der Waals surface area contributed by atoms with Crippen molar-refractivity contribution in [2.75, 3.05) is 13.2 Å². The molecule has 156 valence electrons. The molecule has 0 saturated carbocycles. The lowest BCUT2D eigenvalue weighted by Crippen LogP contribution is -2.09. The van der Waals surface area contributed by atoms with Gasteiger partial charge in [0.05, 0.1) is 10.6 Å². The Hall–Kier alpha value is -3.64. The SMILES string of the molecule is O=C1OC(c2ccccc2F)=N/C1=C/c1ccc(OCCOc2ccccc2Cl)cc1. The molecule has 4 rings (SSSR count). The Balaban J connectivity index is 1.36. The van der Waals surface area contributed by atoms with Crippen LogP contribution in [0.5, 0.6) is 11.5 Å². The molecule has 0 atom stereocenters. The van der Waals surface area contributed by atoms with E-state index in [0.717, 1.165) is 5.56 Å². The zero-order valence-corrected chi connectivity index (χ0v) is 17.0. The summed E-state index contributed by atoms with van der Waals surface area (Å²) in [5, 5.41) is 0.547. The van der Waals surface area contributed by atoms with Crippen LogP contribution in [0.2, 0.25) is 5.02 Å². The van der Waals surface area contributed by atoms with Crippen molar-refractivity contribution in [1.29, 1.82) is 0 Å². The van der Waals surface area contributed by atoms with Crippen molar-refractivity contribution in [1.82, 2.24) is 0 Å². The smallest absolute Gasteiger partial charge is 0.363 e. The number of rotatable bonds is 7. The lowest BCUT2D eigenvalue weighted by atomic mass is 10.2. The molecule has 3 aromatic carbocycles. The number of esters is 1. The summed E-state index contributed by atoms with van der Waals surface area (Å²) in [4.78, 5) is 16.2. The first-order valence-corrected chi connectivity index (χ1v) is 9.85. The fraction of sp³-hybridized carbons (Fsp3) is 0.0833. The third kappa shape index (κ3) is 5.10. The van der Waals surface area contributed by atoms with E-state index in [0.29, 0.717) is 29.7 Å². The summed E-state index contributed by atoms with van der Waals surface area (Å²) >= 11 is 6.04. The van der Waals surface area contributed by atoms with Gasteiger partial charge in [-0.25, -0.2) is 14.2 Å². The monoisotopic (exact) mass is 437 g/mol. The number of carbonyl (C=O) groups is 1.